The number of hydrogen-bond donors (Lipinski definition) is 2. The predicted molar refractivity (Wildman–Crippen MR) is 81.5 cm³/mol. The summed E-state index contributed by atoms with van der Waals surface area (Å²) < 4.78 is 7.04. The summed E-state index contributed by atoms with van der Waals surface area (Å²) in [5, 5.41) is 5.31. The Bertz CT molecular complexity index is 518. The lowest BCUT2D eigenvalue weighted by Crippen LogP contribution is -2.39. The molecule has 1 aliphatic rings. The van der Waals surface area contributed by atoms with Gasteiger partial charge in [0.2, 0.25) is 5.91 Å². The molecule has 7 heteroatoms. The number of nitrogens with one attached hydrogen (secondary N) is 2. The van der Waals surface area contributed by atoms with Crippen molar-refractivity contribution in [3.8, 4) is 5.75 Å². The van der Waals surface area contributed by atoms with E-state index in [-0.39, 0.29) is 25.0 Å². The smallest absolute Gasteiger partial charge is 0.258 e. The number of amides is 2. The fourth-order valence-corrected chi connectivity index (χ4v) is 2.63. The Morgan fingerprint density at radius 2 is 2.00 bits per heavy atom. The van der Waals surface area contributed by atoms with Crippen LogP contribution in [0.25, 0.3) is 0 Å². The summed E-state index contributed by atoms with van der Waals surface area (Å²) in [6.07, 6.45) is 2.06. The van der Waals surface area contributed by atoms with Gasteiger partial charge in [0.25, 0.3) is 5.91 Å². The Morgan fingerprint density at radius 1 is 1.25 bits per heavy atom. The average Bonchev–Trinajstić information content (AvgIpc) is 3.19. The topological polar surface area (TPSA) is 67.4 Å². The van der Waals surface area contributed by atoms with Crippen LogP contribution in [0.15, 0.2) is 27.1 Å². The molecule has 0 radical (unpaired) electrons. The third-order valence-corrected chi connectivity index (χ3v) is 3.75. The first-order chi connectivity index (χ1) is 9.54. The van der Waals surface area contributed by atoms with Gasteiger partial charge >= 0.3 is 0 Å². The second-order valence-corrected chi connectivity index (χ2v) is 6.25. The fourth-order valence-electron chi connectivity index (χ4n) is 1.47. The van der Waals surface area contributed by atoms with Gasteiger partial charge in [-0.2, -0.15) is 0 Å². The van der Waals surface area contributed by atoms with Gasteiger partial charge < -0.3 is 15.4 Å². The van der Waals surface area contributed by atoms with E-state index >= 15 is 0 Å². The van der Waals surface area contributed by atoms with Crippen molar-refractivity contribution in [2.75, 3.05) is 13.2 Å². The first-order valence-corrected chi connectivity index (χ1v) is 7.77. The molecule has 0 bridgehead atoms. The van der Waals surface area contributed by atoms with Crippen LogP contribution in [-0.2, 0) is 9.59 Å². The van der Waals surface area contributed by atoms with Crippen LogP contribution in [-0.4, -0.2) is 31.0 Å². The minimum Gasteiger partial charge on any atom is -0.483 e. The van der Waals surface area contributed by atoms with Crippen LogP contribution in [0.1, 0.15) is 12.8 Å². The molecule has 2 rings (SSSR count). The lowest BCUT2D eigenvalue weighted by Gasteiger charge is -2.09. The van der Waals surface area contributed by atoms with Gasteiger partial charge in [-0.05, 0) is 47.0 Å². The largest absolute Gasteiger partial charge is 0.483 e. The molecule has 0 heterocycles. The van der Waals surface area contributed by atoms with Crippen LogP contribution in [0, 0.1) is 0 Å². The minimum atomic E-state index is -0.328. The molecule has 1 fully saturated rings. The number of hydrogen-bond acceptors (Lipinski definition) is 3. The van der Waals surface area contributed by atoms with E-state index in [9.17, 15) is 9.59 Å². The summed E-state index contributed by atoms with van der Waals surface area (Å²) in [4.78, 5) is 22.9. The van der Waals surface area contributed by atoms with Gasteiger partial charge in [0.15, 0.2) is 6.61 Å². The standard InChI is InChI=1S/C13H14Br2N2O3/c14-8-1-4-11(10(15)5-8)20-7-13(19)16-6-12(18)17-9-2-3-9/h1,4-5,9H,2-3,6-7H2,(H,16,19)(H,17,18). The molecule has 0 atom stereocenters. The van der Waals surface area contributed by atoms with Gasteiger partial charge in [-0.3, -0.25) is 9.59 Å². The Labute approximate surface area is 133 Å². The Balaban J connectivity index is 1.70. The zero-order chi connectivity index (χ0) is 14.5. The summed E-state index contributed by atoms with van der Waals surface area (Å²) >= 11 is 6.68. The maximum atomic E-state index is 11.6. The van der Waals surface area contributed by atoms with Crippen molar-refractivity contribution in [2.45, 2.75) is 18.9 Å². The van der Waals surface area contributed by atoms with Crippen molar-refractivity contribution in [2.24, 2.45) is 0 Å². The van der Waals surface area contributed by atoms with Gasteiger partial charge in [0.1, 0.15) is 5.75 Å². The van der Waals surface area contributed by atoms with E-state index in [1.807, 2.05) is 12.1 Å². The van der Waals surface area contributed by atoms with Crippen LogP contribution >= 0.6 is 31.9 Å². The van der Waals surface area contributed by atoms with E-state index in [2.05, 4.69) is 42.5 Å². The lowest BCUT2D eigenvalue weighted by molar-refractivity contribution is -0.127. The van der Waals surface area contributed by atoms with Crippen molar-refractivity contribution in [3.05, 3.63) is 27.1 Å². The van der Waals surface area contributed by atoms with Gasteiger partial charge in [-0.25, -0.2) is 0 Å². The highest BCUT2D eigenvalue weighted by Crippen LogP contribution is 2.28. The number of benzene rings is 1. The van der Waals surface area contributed by atoms with Gasteiger partial charge in [0, 0.05) is 10.5 Å². The van der Waals surface area contributed by atoms with Gasteiger partial charge in [-0.1, -0.05) is 15.9 Å². The molecule has 0 saturated heterocycles. The maximum Gasteiger partial charge on any atom is 0.258 e. The van der Waals surface area contributed by atoms with Crippen LogP contribution in [0.2, 0.25) is 0 Å². The average molecular weight is 406 g/mol. The molecular weight excluding hydrogens is 392 g/mol. The van der Waals surface area contributed by atoms with E-state index in [0.29, 0.717) is 11.8 Å². The van der Waals surface area contributed by atoms with E-state index in [1.165, 1.54) is 0 Å². The molecule has 0 aliphatic heterocycles. The highest BCUT2D eigenvalue weighted by atomic mass is 79.9. The van der Waals surface area contributed by atoms with E-state index in [4.69, 9.17) is 4.74 Å². The minimum absolute atomic E-state index is 0.0137. The molecule has 0 spiro atoms. The summed E-state index contributed by atoms with van der Waals surface area (Å²) in [5.41, 5.74) is 0. The van der Waals surface area contributed by atoms with Crippen LogP contribution in [0.5, 0.6) is 5.75 Å². The van der Waals surface area contributed by atoms with Crippen molar-refractivity contribution < 1.29 is 14.3 Å². The Morgan fingerprint density at radius 3 is 2.65 bits per heavy atom. The summed E-state index contributed by atoms with van der Waals surface area (Å²) in [7, 11) is 0. The SMILES string of the molecule is O=C(COc1ccc(Br)cc1Br)NCC(=O)NC1CC1. The van der Waals surface area contributed by atoms with Crippen LogP contribution in [0.3, 0.4) is 0 Å². The normalized spacial score (nSPS) is 13.7. The number of rotatable bonds is 6. The molecule has 108 valence electrons. The third kappa shape index (κ3) is 5.13. The Kier molecular flexibility index (Phi) is 5.42. The number of halogens is 2. The molecule has 1 aliphatic carbocycles. The monoisotopic (exact) mass is 404 g/mol. The first kappa shape index (κ1) is 15.3. The number of carbonyl (C=O) groups is 2. The lowest BCUT2D eigenvalue weighted by atomic mass is 10.3. The quantitative estimate of drug-likeness (QED) is 0.760. The molecule has 0 unspecified atom stereocenters. The fraction of sp³-hybridized carbons (Fsp3) is 0.385. The summed E-state index contributed by atoms with van der Waals surface area (Å²) in [5.74, 6) is 0.0854. The molecule has 1 aromatic rings. The summed E-state index contributed by atoms with van der Waals surface area (Å²) in [6.45, 7) is -0.142. The van der Waals surface area contributed by atoms with Crippen molar-refractivity contribution >= 4 is 43.7 Å². The molecule has 20 heavy (non-hydrogen) atoms. The van der Waals surface area contributed by atoms with E-state index in [1.54, 1.807) is 6.07 Å². The number of carbonyl (C=O) groups excluding carboxylic acids is 2. The van der Waals surface area contributed by atoms with Crippen molar-refractivity contribution in [3.63, 3.8) is 0 Å². The first-order valence-electron chi connectivity index (χ1n) is 6.18. The highest BCUT2D eigenvalue weighted by molar-refractivity contribution is 9.11. The molecule has 0 aromatic heterocycles. The van der Waals surface area contributed by atoms with Crippen molar-refractivity contribution in [1.82, 2.24) is 10.6 Å². The van der Waals surface area contributed by atoms with Crippen molar-refractivity contribution in [1.29, 1.82) is 0 Å². The van der Waals surface area contributed by atoms with E-state index in [0.717, 1.165) is 21.8 Å². The predicted octanol–water partition coefficient (Wildman–Crippen LogP) is 1.99. The zero-order valence-electron chi connectivity index (χ0n) is 10.6. The second kappa shape index (κ2) is 7.08. The molecule has 2 N–H and O–H groups in total. The molecule has 2 amide bonds. The zero-order valence-corrected chi connectivity index (χ0v) is 13.8. The van der Waals surface area contributed by atoms with E-state index < -0.39 is 0 Å². The third-order valence-electron chi connectivity index (χ3n) is 2.64. The Hall–Kier alpha value is -1.08. The highest BCUT2D eigenvalue weighted by Gasteiger charge is 2.23. The molecule has 5 nitrogen and oxygen atoms in total. The maximum absolute atomic E-state index is 11.6. The molecule has 1 aromatic carbocycles. The molecule has 1 saturated carbocycles. The van der Waals surface area contributed by atoms with Crippen LogP contribution < -0.4 is 15.4 Å². The molecular formula is C13H14Br2N2O3. The number of ether oxygens (including phenoxy) is 1. The summed E-state index contributed by atoms with van der Waals surface area (Å²) in [6, 6.07) is 5.70. The van der Waals surface area contributed by atoms with Gasteiger partial charge in [0.05, 0.1) is 11.0 Å². The van der Waals surface area contributed by atoms with Gasteiger partial charge in [-0.15, -0.1) is 0 Å². The second-order valence-electron chi connectivity index (χ2n) is 4.48. The van der Waals surface area contributed by atoms with Crippen LogP contribution in [0.4, 0.5) is 0 Å².